The van der Waals surface area contributed by atoms with Crippen LogP contribution in [0.5, 0.6) is 0 Å². The fraction of sp³-hybridized carbons (Fsp3) is 0.500. The molecule has 4 rings (SSSR count). The molecular formula is C20H21ClN2O2S4. The number of thioether (sulfide) groups is 1. The van der Waals surface area contributed by atoms with Gasteiger partial charge in [-0.05, 0) is 31.9 Å². The minimum Gasteiger partial charge on any atom is -0.466 e. The molecule has 154 valence electrons. The highest BCUT2D eigenvalue weighted by Crippen LogP contribution is 2.44. The van der Waals surface area contributed by atoms with Crippen LogP contribution in [0.15, 0.2) is 16.5 Å². The Bertz CT molecular complexity index is 953. The largest absolute Gasteiger partial charge is 0.466 e. The molecule has 1 aliphatic heterocycles. The summed E-state index contributed by atoms with van der Waals surface area (Å²) in [5.41, 5.74) is 1.73. The second-order valence-electron chi connectivity index (χ2n) is 7.16. The molecule has 2 fully saturated rings. The lowest BCUT2D eigenvalue weighted by atomic mass is 9.82. The number of fused-ring (bicyclic) bond motifs is 2. The maximum absolute atomic E-state index is 11.5. The number of hydrogen-bond acceptors (Lipinski definition) is 7. The Kier molecular flexibility index (Phi) is 6.75. The van der Waals surface area contributed by atoms with E-state index in [0.29, 0.717) is 35.6 Å². The molecule has 1 aromatic heterocycles. The van der Waals surface area contributed by atoms with Crippen LogP contribution in [0.3, 0.4) is 0 Å². The zero-order valence-corrected chi connectivity index (χ0v) is 20.0. The third-order valence-corrected chi connectivity index (χ3v) is 8.79. The Balaban J connectivity index is 1.55. The number of carbonyl (C=O) groups excluding carboxylic acids is 1. The molecule has 0 amide bonds. The molecule has 0 N–H and O–H groups in total. The van der Waals surface area contributed by atoms with E-state index in [4.69, 9.17) is 45.8 Å². The Morgan fingerprint density at radius 3 is 2.66 bits per heavy atom. The maximum Gasteiger partial charge on any atom is 0.306 e. The molecule has 0 spiro atoms. The van der Waals surface area contributed by atoms with E-state index in [1.165, 1.54) is 12.8 Å². The van der Waals surface area contributed by atoms with Crippen molar-refractivity contribution in [3.63, 3.8) is 0 Å². The number of benzene rings is 1. The summed E-state index contributed by atoms with van der Waals surface area (Å²) < 4.78 is 6.90. The number of aromatic nitrogens is 1. The zero-order chi connectivity index (χ0) is 20.5. The van der Waals surface area contributed by atoms with Crippen molar-refractivity contribution in [1.29, 1.82) is 0 Å². The molecular weight excluding hydrogens is 464 g/mol. The Morgan fingerprint density at radius 2 is 2.00 bits per heavy atom. The van der Waals surface area contributed by atoms with E-state index in [2.05, 4.69) is 0 Å². The van der Waals surface area contributed by atoms with Gasteiger partial charge in [-0.2, -0.15) is 0 Å². The van der Waals surface area contributed by atoms with Crippen molar-refractivity contribution in [1.82, 2.24) is 4.98 Å². The number of thiocarbonyl (C=S) groups is 2. The number of thiazole rings is 1. The first-order valence-corrected chi connectivity index (χ1v) is 12.8. The number of halogens is 1. The summed E-state index contributed by atoms with van der Waals surface area (Å²) in [4.78, 5) is 20.1. The lowest BCUT2D eigenvalue weighted by Gasteiger charge is -2.22. The van der Waals surface area contributed by atoms with Crippen LogP contribution in [0.4, 0.5) is 5.69 Å². The predicted octanol–water partition coefficient (Wildman–Crippen LogP) is 6.28. The number of nitrogens with zero attached hydrogens (tertiary/aromatic N) is 2. The predicted molar refractivity (Wildman–Crippen MR) is 130 cm³/mol. The van der Waals surface area contributed by atoms with Crippen LogP contribution in [0.2, 0.25) is 5.02 Å². The molecule has 1 saturated carbocycles. The van der Waals surface area contributed by atoms with Gasteiger partial charge in [-0.3, -0.25) is 9.69 Å². The van der Waals surface area contributed by atoms with Gasteiger partial charge in [0.15, 0.2) is 4.34 Å². The molecule has 2 unspecified atom stereocenters. The van der Waals surface area contributed by atoms with Crippen molar-refractivity contribution >= 4 is 91.0 Å². The Morgan fingerprint density at radius 1 is 1.31 bits per heavy atom. The normalized spacial score (nSPS) is 21.7. The molecule has 1 saturated heterocycles. The average Bonchev–Trinajstić information content (AvgIpc) is 3.20. The fourth-order valence-electron chi connectivity index (χ4n) is 4.00. The molecule has 0 radical (unpaired) electrons. The van der Waals surface area contributed by atoms with Crippen molar-refractivity contribution in [3.05, 3.63) is 17.2 Å². The average molecular weight is 485 g/mol. The zero-order valence-electron chi connectivity index (χ0n) is 16.0. The Labute approximate surface area is 194 Å². The summed E-state index contributed by atoms with van der Waals surface area (Å²) in [6.45, 7) is 2.22. The molecule has 9 heteroatoms. The molecule has 2 atom stereocenters. The van der Waals surface area contributed by atoms with Crippen molar-refractivity contribution in [2.75, 3.05) is 17.3 Å². The number of ether oxygens (including phenoxy) is 1. The molecule has 1 aromatic carbocycles. The summed E-state index contributed by atoms with van der Waals surface area (Å²) in [6, 6.07) is 3.95. The monoisotopic (exact) mass is 484 g/mol. The molecule has 2 heterocycles. The minimum atomic E-state index is -0.177. The summed E-state index contributed by atoms with van der Waals surface area (Å²) in [5, 5.41) is 0.646. The second kappa shape index (κ2) is 9.14. The van der Waals surface area contributed by atoms with Crippen LogP contribution in [-0.4, -0.2) is 33.3 Å². The summed E-state index contributed by atoms with van der Waals surface area (Å²) in [6.07, 6.45) is 5.02. The van der Waals surface area contributed by atoms with Gasteiger partial charge >= 0.3 is 5.97 Å². The highest BCUT2D eigenvalue weighted by molar-refractivity contribution is 8.01. The van der Waals surface area contributed by atoms with E-state index < -0.39 is 0 Å². The van der Waals surface area contributed by atoms with Crippen LogP contribution >= 0.6 is 59.1 Å². The van der Waals surface area contributed by atoms with Gasteiger partial charge in [0.1, 0.15) is 0 Å². The smallest absolute Gasteiger partial charge is 0.306 e. The van der Waals surface area contributed by atoms with Crippen LogP contribution in [0.1, 0.15) is 39.0 Å². The summed E-state index contributed by atoms with van der Waals surface area (Å²) in [7, 11) is 0. The van der Waals surface area contributed by atoms with Gasteiger partial charge in [0.25, 0.3) is 0 Å². The highest BCUT2D eigenvalue weighted by atomic mass is 35.5. The van der Waals surface area contributed by atoms with E-state index in [9.17, 15) is 4.79 Å². The SMILES string of the molecule is CCOC(=O)CCSc1nc2cc(N3C(=S)C4CCCCC4C3=S)c(Cl)cc2s1. The first-order valence-electron chi connectivity index (χ1n) is 9.76. The van der Waals surface area contributed by atoms with Gasteiger partial charge in [0.2, 0.25) is 0 Å². The molecule has 1 aliphatic carbocycles. The van der Waals surface area contributed by atoms with Gasteiger partial charge in [-0.25, -0.2) is 4.98 Å². The van der Waals surface area contributed by atoms with Crippen LogP contribution in [-0.2, 0) is 9.53 Å². The quantitative estimate of drug-likeness (QED) is 0.271. The molecule has 0 bridgehead atoms. The van der Waals surface area contributed by atoms with Gasteiger partial charge in [0, 0.05) is 17.6 Å². The first kappa shape index (κ1) is 21.4. The lowest BCUT2D eigenvalue weighted by molar-refractivity contribution is -0.142. The number of rotatable bonds is 6. The maximum atomic E-state index is 11.5. The van der Waals surface area contributed by atoms with Crippen LogP contribution < -0.4 is 4.90 Å². The third kappa shape index (κ3) is 4.32. The molecule has 29 heavy (non-hydrogen) atoms. The van der Waals surface area contributed by atoms with Crippen molar-refractivity contribution in [2.45, 2.75) is 43.4 Å². The standard InChI is InChI=1S/C20H21ClN2O2S4/c1-2-25-17(24)7-8-28-20-22-14-10-15(13(21)9-16(14)29-20)23-18(26)11-5-3-4-6-12(11)19(23)27/h9-12H,2-8H2,1H3. The van der Waals surface area contributed by atoms with E-state index in [0.717, 1.165) is 43.1 Å². The second-order valence-corrected chi connectivity index (χ2v) is 10.8. The van der Waals surface area contributed by atoms with Gasteiger partial charge < -0.3 is 4.74 Å². The van der Waals surface area contributed by atoms with Crippen molar-refractivity contribution in [2.24, 2.45) is 11.8 Å². The number of hydrogen-bond donors (Lipinski definition) is 0. The van der Waals surface area contributed by atoms with Gasteiger partial charge in [-0.1, -0.05) is 60.6 Å². The van der Waals surface area contributed by atoms with E-state index >= 15 is 0 Å². The lowest BCUT2D eigenvalue weighted by Crippen LogP contribution is -2.28. The molecule has 2 aliphatic rings. The van der Waals surface area contributed by atoms with Crippen molar-refractivity contribution < 1.29 is 9.53 Å². The van der Waals surface area contributed by atoms with E-state index in [1.54, 1.807) is 23.1 Å². The molecule has 4 nitrogen and oxygen atoms in total. The van der Waals surface area contributed by atoms with Crippen molar-refractivity contribution in [3.8, 4) is 0 Å². The first-order chi connectivity index (χ1) is 14.0. The number of esters is 1. The summed E-state index contributed by atoms with van der Waals surface area (Å²) >= 11 is 21.4. The van der Waals surface area contributed by atoms with Gasteiger partial charge in [-0.15, -0.1) is 11.3 Å². The Hall–Kier alpha value is -0.800. The number of anilines is 1. The summed E-state index contributed by atoms with van der Waals surface area (Å²) in [5.74, 6) is 1.19. The van der Waals surface area contributed by atoms with Crippen LogP contribution in [0.25, 0.3) is 10.2 Å². The van der Waals surface area contributed by atoms with Gasteiger partial charge in [0.05, 0.1) is 43.9 Å². The van der Waals surface area contributed by atoms with Crippen LogP contribution in [0, 0.1) is 11.8 Å². The highest BCUT2D eigenvalue weighted by Gasteiger charge is 2.44. The topological polar surface area (TPSA) is 42.4 Å². The van der Waals surface area contributed by atoms with E-state index in [1.807, 2.05) is 24.0 Å². The van der Waals surface area contributed by atoms with E-state index in [-0.39, 0.29) is 5.97 Å². The third-order valence-electron chi connectivity index (χ3n) is 5.36. The minimum absolute atomic E-state index is 0.177. The fourth-order valence-corrected chi connectivity index (χ4v) is 7.41. The molecule has 2 aromatic rings. The number of carbonyl (C=O) groups is 1.